The van der Waals surface area contributed by atoms with Crippen LogP contribution < -0.4 is 15.4 Å². The van der Waals surface area contributed by atoms with Gasteiger partial charge in [-0.25, -0.2) is 9.37 Å². The lowest BCUT2D eigenvalue weighted by molar-refractivity contribution is -0.125. The highest BCUT2D eigenvalue weighted by atomic mass is 32.1. The molecule has 31 heavy (non-hydrogen) atoms. The van der Waals surface area contributed by atoms with E-state index >= 15 is 0 Å². The number of aromatic nitrogens is 1. The summed E-state index contributed by atoms with van der Waals surface area (Å²) in [6.07, 6.45) is 7.78. The van der Waals surface area contributed by atoms with E-state index in [-0.39, 0.29) is 42.2 Å². The zero-order valence-corrected chi connectivity index (χ0v) is 18.3. The molecule has 2 aromatic rings. The fourth-order valence-electron chi connectivity index (χ4n) is 4.33. The zero-order valence-electron chi connectivity index (χ0n) is 17.4. The van der Waals surface area contributed by atoms with Crippen molar-refractivity contribution in [2.24, 2.45) is 5.92 Å². The maximum absolute atomic E-state index is 13.6. The molecule has 2 saturated carbocycles. The standard InChI is InChI=1S/C23H28FN3O3S/c24-18-7-3-4-8-20(18)30-13-21-27-19(14-31-21)23(29)26-17-11-9-16(10-12-17)25-22(28)15-5-1-2-6-15/h3-4,7-8,14-17H,1-2,5-6,9-13H2,(H,25,28)(H,26,29). The van der Waals surface area contributed by atoms with Crippen LogP contribution in [0.15, 0.2) is 29.6 Å². The SMILES string of the molecule is O=C(NC1CCC(NC(=O)C2CCCC2)CC1)c1csc(COc2ccccc2F)n1. The van der Waals surface area contributed by atoms with E-state index in [1.165, 1.54) is 17.4 Å². The van der Waals surface area contributed by atoms with Crippen LogP contribution in [0.2, 0.25) is 0 Å². The van der Waals surface area contributed by atoms with Gasteiger partial charge in [-0.05, 0) is 50.7 Å². The Balaban J connectivity index is 1.20. The van der Waals surface area contributed by atoms with Crippen LogP contribution in [0.5, 0.6) is 5.75 Å². The average molecular weight is 446 g/mol. The molecule has 0 aliphatic heterocycles. The van der Waals surface area contributed by atoms with Crippen molar-refractivity contribution in [3.8, 4) is 5.75 Å². The second-order valence-corrected chi connectivity index (χ2v) is 9.30. The van der Waals surface area contributed by atoms with Crippen LogP contribution in [0.25, 0.3) is 0 Å². The minimum Gasteiger partial charge on any atom is -0.483 e. The van der Waals surface area contributed by atoms with Crippen molar-refractivity contribution < 1.29 is 18.7 Å². The molecule has 1 heterocycles. The first-order chi connectivity index (χ1) is 15.1. The molecule has 0 radical (unpaired) electrons. The first kappa shape index (κ1) is 21.7. The summed E-state index contributed by atoms with van der Waals surface area (Å²) in [4.78, 5) is 29.2. The number of nitrogens with zero attached hydrogens (tertiary/aromatic N) is 1. The fourth-order valence-corrected chi connectivity index (χ4v) is 5.02. The Kier molecular flexibility index (Phi) is 7.17. The van der Waals surface area contributed by atoms with Crippen LogP contribution in [-0.4, -0.2) is 28.9 Å². The molecule has 0 spiro atoms. The number of thiazole rings is 1. The second kappa shape index (κ2) is 10.2. The number of rotatable bonds is 7. The van der Waals surface area contributed by atoms with Gasteiger partial charge in [0.15, 0.2) is 11.6 Å². The van der Waals surface area contributed by atoms with E-state index in [2.05, 4.69) is 15.6 Å². The normalized spacial score (nSPS) is 21.6. The molecular weight excluding hydrogens is 417 g/mol. The summed E-state index contributed by atoms with van der Waals surface area (Å²) >= 11 is 1.32. The Morgan fingerprint density at radius 3 is 2.42 bits per heavy atom. The van der Waals surface area contributed by atoms with Crippen LogP contribution in [0.3, 0.4) is 0 Å². The molecule has 166 valence electrons. The second-order valence-electron chi connectivity index (χ2n) is 8.36. The molecule has 1 aromatic heterocycles. The average Bonchev–Trinajstić information content (AvgIpc) is 3.47. The number of carbonyl (C=O) groups excluding carboxylic acids is 2. The van der Waals surface area contributed by atoms with E-state index in [0.29, 0.717) is 10.7 Å². The van der Waals surface area contributed by atoms with E-state index in [9.17, 15) is 14.0 Å². The van der Waals surface area contributed by atoms with Gasteiger partial charge in [-0.2, -0.15) is 0 Å². The van der Waals surface area contributed by atoms with Gasteiger partial charge in [0.2, 0.25) is 5.91 Å². The van der Waals surface area contributed by atoms with Gasteiger partial charge in [-0.1, -0.05) is 25.0 Å². The molecule has 0 bridgehead atoms. The van der Waals surface area contributed by atoms with Crippen molar-refractivity contribution in [1.82, 2.24) is 15.6 Å². The summed E-state index contributed by atoms with van der Waals surface area (Å²) < 4.78 is 19.1. The van der Waals surface area contributed by atoms with Crippen LogP contribution >= 0.6 is 11.3 Å². The Morgan fingerprint density at radius 1 is 1.03 bits per heavy atom. The van der Waals surface area contributed by atoms with E-state index in [1.807, 2.05) is 0 Å². The van der Waals surface area contributed by atoms with Gasteiger partial charge in [0.25, 0.3) is 5.91 Å². The maximum Gasteiger partial charge on any atom is 0.270 e. The minimum absolute atomic E-state index is 0.0898. The monoisotopic (exact) mass is 445 g/mol. The molecule has 2 aliphatic rings. The highest BCUT2D eigenvalue weighted by Crippen LogP contribution is 2.26. The topological polar surface area (TPSA) is 80.3 Å². The number of nitrogens with one attached hydrogen (secondary N) is 2. The van der Waals surface area contributed by atoms with Gasteiger partial charge in [0, 0.05) is 23.4 Å². The van der Waals surface area contributed by atoms with E-state index in [1.54, 1.807) is 23.6 Å². The van der Waals surface area contributed by atoms with Crippen molar-refractivity contribution in [3.63, 3.8) is 0 Å². The third-order valence-corrected chi connectivity index (χ3v) is 6.93. The number of hydrogen-bond acceptors (Lipinski definition) is 5. The van der Waals surface area contributed by atoms with Crippen molar-refractivity contribution in [3.05, 3.63) is 46.2 Å². The lowest BCUT2D eigenvalue weighted by atomic mass is 9.90. The molecule has 8 heteroatoms. The number of para-hydroxylation sites is 1. The van der Waals surface area contributed by atoms with Crippen LogP contribution in [0.4, 0.5) is 4.39 Å². The first-order valence-electron chi connectivity index (χ1n) is 11.0. The Bertz CT molecular complexity index is 905. The maximum atomic E-state index is 13.6. The number of halogens is 1. The van der Waals surface area contributed by atoms with Crippen LogP contribution in [0.1, 0.15) is 66.9 Å². The third kappa shape index (κ3) is 5.81. The predicted octanol–water partition coefficient (Wildman–Crippen LogP) is 4.21. The van der Waals surface area contributed by atoms with Crippen molar-refractivity contribution in [1.29, 1.82) is 0 Å². The largest absolute Gasteiger partial charge is 0.483 e. The highest BCUT2D eigenvalue weighted by Gasteiger charge is 2.28. The van der Waals surface area contributed by atoms with E-state index < -0.39 is 5.82 Å². The summed E-state index contributed by atoms with van der Waals surface area (Å²) in [6, 6.07) is 6.50. The zero-order chi connectivity index (χ0) is 21.6. The summed E-state index contributed by atoms with van der Waals surface area (Å²) in [6.45, 7) is 0.116. The number of carbonyl (C=O) groups is 2. The van der Waals surface area contributed by atoms with Gasteiger partial charge in [-0.3, -0.25) is 9.59 Å². The molecule has 0 atom stereocenters. The molecule has 2 amide bonds. The smallest absolute Gasteiger partial charge is 0.270 e. The van der Waals surface area contributed by atoms with E-state index in [4.69, 9.17) is 4.74 Å². The molecular formula is C23H28FN3O3S. The van der Waals surface area contributed by atoms with Gasteiger partial charge < -0.3 is 15.4 Å². The minimum atomic E-state index is -0.424. The first-order valence-corrected chi connectivity index (χ1v) is 11.9. The number of benzene rings is 1. The lowest BCUT2D eigenvalue weighted by Gasteiger charge is -2.30. The van der Waals surface area contributed by atoms with Crippen LogP contribution in [-0.2, 0) is 11.4 Å². The molecule has 0 unspecified atom stereocenters. The van der Waals surface area contributed by atoms with Crippen molar-refractivity contribution in [2.45, 2.75) is 70.1 Å². The summed E-state index contributed by atoms with van der Waals surface area (Å²) in [5, 5.41) is 8.56. The quantitative estimate of drug-likeness (QED) is 0.669. The van der Waals surface area contributed by atoms with Gasteiger partial charge in [0.1, 0.15) is 17.3 Å². The number of hydrogen-bond donors (Lipinski definition) is 2. The summed E-state index contributed by atoms with van der Waals surface area (Å²) in [5.74, 6) is -0.0596. The molecule has 0 saturated heterocycles. The molecule has 1 aromatic carbocycles. The van der Waals surface area contributed by atoms with Gasteiger partial charge in [-0.15, -0.1) is 11.3 Å². The summed E-state index contributed by atoms with van der Waals surface area (Å²) in [7, 11) is 0. The molecule has 2 N–H and O–H groups in total. The third-order valence-electron chi connectivity index (χ3n) is 6.11. The number of ether oxygens (including phenoxy) is 1. The Hall–Kier alpha value is -2.48. The Labute approximate surface area is 185 Å². The fraction of sp³-hybridized carbons (Fsp3) is 0.522. The Morgan fingerprint density at radius 2 is 1.71 bits per heavy atom. The van der Waals surface area contributed by atoms with Gasteiger partial charge >= 0.3 is 0 Å². The van der Waals surface area contributed by atoms with Gasteiger partial charge in [0.05, 0.1) is 0 Å². The molecule has 4 rings (SSSR count). The molecule has 2 aliphatic carbocycles. The molecule has 6 nitrogen and oxygen atoms in total. The predicted molar refractivity (Wildman–Crippen MR) is 116 cm³/mol. The molecule has 2 fully saturated rings. The van der Waals surface area contributed by atoms with E-state index in [0.717, 1.165) is 51.4 Å². The lowest BCUT2D eigenvalue weighted by Crippen LogP contribution is -2.45. The number of amides is 2. The van der Waals surface area contributed by atoms with Crippen molar-refractivity contribution in [2.75, 3.05) is 0 Å². The van der Waals surface area contributed by atoms with Crippen molar-refractivity contribution >= 4 is 23.2 Å². The van der Waals surface area contributed by atoms with Crippen LogP contribution in [0, 0.1) is 11.7 Å². The summed E-state index contributed by atoms with van der Waals surface area (Å²) in [5.41, 5.74) is 0.355. The highest BCUT2D eigenvalue weighted by molar-refractivity contribution is 7.09.